The van der Waals surface area contributed by atoms with Crippen LogP contribution in [0.15, 0.2) is 83.3 Å². The minimum atomic E-state index is -1.12. The fourth-order valence-electron chi connectivity index (χ4n) is 3.82. The summed E-state index contributed by atoms with van der Waals surface area (Å²) in [7, 11) is 0. The highest BCUT2D eigenvalue weighted by Gasteiger charge is 2.43. The van der Waals surface area contributed by atoms with E-state index in [0.29, 0.717) is 11.1 Å². The third kappa shape index (κ3) is 3.54. The molecular formula is C25H18N2O5. The number of hydrogen-bond acceptors (Lipinski definition) is 6. The summed E-state index contributed by atoms with van der Waals surface area (Å²) in [5, 5.41) is 0. The van der Waals surface area contributed by atoms with Crippen LogP contribution in [0.3, 0.4) is 0 Å². The van der Waals surface area contributed by atoms with Crippen LogP contribution in [0.25, 0.3) is 11.1 Å². The van der Waals surface area contributed by atoms with Crippen molar-refractivity contribution in [1.82, 2.24) is 9.88 Å². The molecule has 0 saturated carbocycles. The van der Waals surface area contributed by atoms with Crippen molar-refractivity contribution in [1.29, 1.82) is 0 Å². The maximum absolute atomic E-state index is 13.1. The molecule has 0 N–H and O–H groups in total. The van der Waals surface area contributed by atoms with Gasteiger partial charge in [0, 0.05) is 6.42 Å². The number of imide groups is 1. The number of esters is 1. The number of oxazole rings is 1. The van der Waals surface area contributed by atoms with E-state index in [4.69, 9.17) is 9.15 Å². The smallest absolute Gasteiger partial charge is 0.330 e. The van der Waals surface area contributed by atoms with Crippen LogP contribution < -0.4 is 0 Å². The van der Waals surface area contributed by atoms with Gasteiger partial charge in [-0.1, -0.05) is 54.6 Å². The molecule has 1 aliphatic rings. The standard InChI is InChI=1S/C25H18N2O5/c28-23-17-10-4-5-11-18(17)24(29)27(23)20(14-16-8-2-1-3-9-16)25(30)31-15-22-26-19-12-6-7-13-21(19)32-22/h1-13,20H,14-15H2/t20-/m0/s1. The molecule has 2 heterocycles. The minimum Gasteiger partial charge on any atom is -0.454 e. The molecule has 0 fully saturated rings. The molecule has 7 heteroatoms. The molecule has 0 spiro atoms. The Hall–Kier alpha value is -4.26. The average molecular weight is 426 g/mol. The van der Waals surface area contributed by atoms with Crippen molar-refractivity contribution in [3.63, 3.8) is 0 Å². The lowest BCUT2D eigenvalue weighted by Crippen LogP contribution is -2.47. The van der Waals surface area contributed by atoms with Crippen molar-refractivity contribution >= 4 is 28.9 Å². The zero-order chi connectivity index (χ0) is 22.1. The van der Waals surface area contributed by atoms with E-state index >= 15 is 0 Å². The second-order valence-electron chi connectivity index (χ2n) is 7.41. The van der Waals surface area contributed by atoms with Crippen LogP contribution in [0.4, 0.5) is 0 Å². The number of rotatable bonds is 6. The van der Waals surface area contributed by atoms with E-state index in [1.807, 2.05) is 42.5 Å². The number of ether oxygens (including phenoxy) is 1. The highest BCUT2D eigenvalue weighted by molar-refractivity contribution is 6.22. The second kappa shape index (κ2) is 8.11. The summed E-state index contributed by atoms with van der Waals surface area (Å²) >= 11 is 0. The van der Waals surface area contributed by atoms with Crippen LogP contribution in [0, 0.1) is 0 Å². The summed E-state index contributed by atoms with van der Waals surface area (Å²) in [6.45, 7) is -0.206. The maximum Gasteiger partial charge on any atom is 0.330 e. The fraction of sp³-hybridized carbons (Fsp3) is 0.120. The number of para-hydroxylation sites is 2. The average Bonchev–Trinajstić information content (AvgIpc) is 3.35. The van der Waals surface area contributed by atoms with E-state index in [0.717, 1.165) is 10.5 Å². The lowest BCUT2D eigenvalue weighted by Gasteiger charge is -2.24. The zero-order valence-corrected chi connectivity index (χ0v) is 16.9. The quantitative estimate of drug-likeness (QED) is 0.344. The molecule has 3 aromatic carbocycles. The first-order valence-corrected chi connectivity index (χ1v) is 10.1. The molecule has 7 nitrogen and oxygen atoms in total. The van der Waals surface area contributed by atoms with Gasteiger partial charge in [-0.3, -0.25) is 14.5 Å². The summed E-state index contributed by atoms with van der Waals surface area (Å²) < 4.78 is 11.1. The van der Waals surface area contributed by atoms with Crippen LogP contribution in [-0.4, -0.2) is 33.7 Å². The van der Waals surface area contributed by atoms with Gasteiger partial charge in [-0.25, -0.2) is 9.78 Å². The molecule has 1 aromatic heterocycles. The minimum absolute atomic E-state index is 0.138. The van der Waals surface area contributed by atoms with Crippen LogP contribution in [0.1, 0.15) is 32.2 Å². The molecule has 0 bridgehead atoms. The molecule has 2 amide bonds. The van der Waals surface area contributed by atoms with Crippen molar-refractivity contribution < 1.29 is 23.5 Å². The second-order valence-corrected chi connectivity index (χ2v) is 7.41. The SMILES string of the molecule is O=C(OCc1nc2ccccc2o1)[C@H](Cc1ccccc1)N1C(=O)c2ccccc2C1=O. The van der Waals surface area contributed by atoms with Crippen molar-refractivity contribution in [3.05, 3.63) is 101 Å². The van der Waals surface area contributed by atoms with Crippen LogP contribution in [0.2, 0.25) is 0 Å². The van der Waals surface area contributed by atoms with Gasteiger partial charge in [0.05, 0.1) is 11.1 Å². The van der Waals surface area contributed by atoms with Crippen LogP contribution >= 0.6 is 0 Å². The first kappa shape index (κ1) is 19.7. The molecule has 5 rings (SSSR count). The number of amides is 2. The molecule has 0 saturated heterocycles. The molecule has 4 aromatic rings. The van der Waals surface area contributed by atoms with Gasteiger partial charge >= 0.3 is 5.97 Å². The number of nitrogens with zero attached hydrogens (tertiary/aromatic N) is 2. The fourth-order valence-corrected chi connectivity index (χ4v) is 3.82. The number of fused-ring (bicyclic) bond motifs is 2. The van der Waals surface area contributed by atoms with Gasteiger partial charge < -0.3 is 9.15 Å². The van der Waals surface area contributed by atoms with Gasteiger partial charge in [0.2, 0.25) is 5.89 Å². The van der Waals surface area contributed by atoms with Gasteiger partial charge in [0.25, 0.3) is 11.8 Å². The van der Waals surface area contributed by atoms with Gasteiger partial charge in [0.15, 0.2) is 12.2 Å². The summed E-state index contributed by atoms with van der Waals surface area (Å²) in [6.07, 6.45) is 0.138. The Morgan fingerprint density at radius 3 is 2.19 bits per heavy atom. The van der Waals surface area contributed by atoms with Gasteiger partial charge in [-0.15, -0.1) is 0 Å². The molecule has 1 aliphatic heterocycles. The van der Waals surface area contributed by atoms with Crippen molar-refractivity contribution in [2.24, 2.45) is 0 Å². The molecule has 0 radical (unpaired) electrons. The van der Waals surface area contributed by atoms with Gasteiger partial charge in [-0.05, 0) is 29.8 Å². The highest BCUT2D eigenvalue weighted by Crippen LogP contribution is 2.27. The van der Waals surface area contributed by atoms with Crippen molar-refractivity contribution in [2.45, 2.75) is 19.1 Å². The van der Waals surface area contributed by atoms with E-state index in [1.165, 1.54) is 0 Å². The van der Waals surface area contributed by atoms with E-state index in [2.05, 4.69) is 4.98 Å². The third-order valence-electron chi connectivity index (χ3n) is 5.36. The Bertz CT molecular complexity index is 1260. The number of aromatic nitrogens is 1. The third-order valence-corrected chi connectivity index (χ3v) is 5.36. The Labute approximate surface area is 183 Å². The summed E-state index contributed by atoms with van der Waals surface area (Å²) in [4.78, 5) is 44.4. The first-order valence-electron chi connectivity index (χ1n) is 10.1. The summed E-state index contributed by atoms with van der Waals surface area (Å²) in [5.74, 6) is -1.48. The Morgan fingerprint density at radius 2 is 1.50 bits per heavy atom. The largest absolute Gasteiger partial charge is 0.454 e. The monoisotopic (exact) mass is 426 g/mol. The number of carbonyl (C=O) groups is 3. The summed E-state index contributed by atoms with van der Waals surface area (Å²) in [6, 6.07) is 21.8. The predicted octanol–water partition coefficient (Wildman–Crippen LogP) is 3.78. The molecule has 158 valence electrons. The Kier molecular flexibility index (Phi) is 4.99. The molecule has 0 unspecified atom stereocenters. The first-order chi connectivity index (χ1) is 15.6. The molecule has 32 heavy (non-hydrogen) atoms. The van der Waals surface area contributed by atoms with E-state index in [1.54, 1.807) is 36.4 Å². The zero-order valence-electron chi connectivity index (χ0n) is 16.9. The molecular weight excluding hydrogens is 408 g/mol. The van der Waals surface area contributed by atoms with E-state index < -0.39 is 23.8 Å². The molecule has 0 aliphatic carbocycles. The topological polar surface area (TPSA) is 89.7 Å². The number of hydrogen-bond donors (Lipinski definition) is 0. The number of benzene rings is 3. The number of carbonyl (C=O) groups excluding carboxylic acids is 3. The molecule has 1 atom stereocenters. The lowest BCUT2D eigenvalue weighted by molar-refractivity contribution is -0.150. The Balaban J connectivity index is 1.41. The summed E-state index contributed by atoms with van der Waals surface area (Å²) in [5.41, 5.74) is 2.59. The van der Waals surface area contributed by atoms with Gasteiger partial charge in [-0.2, -0.15) is 0 Å². The predicted molar refractivity (Wildman–Crippen MR) is 115 cm³/mol. The van der Waals surface area contributed by atoms with E-state index in [9.17, 15) is 14.4 Å². The van der Waals surface area contributed by atoms with E-state index in [-0.39, 0.29) is 30.0 Å². The Morgan fingerprint density at radius 1 is 0.875 bits per heavy atom. The van der Waals surface area contributed by atoms with Crippen LogP contribution in [0.5, 0.6) is 0 Å². The normalized spacial score (nSPS) is 13.9. The van der Waals surface area contributed by atoms with Crippen molar-refractivity contribution in [3.8, 4) is 0 Å². The maximum atomic E-state index is 13.1. The highest BCUT2D eigenvalue weighted by atomic mass is 16.5. The lowest BCUT2D eigenvalue weighted by atomic mass is 10.0. The van der Waals surface area contributed by atoms with Crippen molar-refractivity contribution in [2.75, 3.05) is 0 Å². The van der Waals surface area contributed by atoms with Gasteiger partial charge in [0.1, 0.15) is 11.6 Å². The van der Waals surface area contributed by atoms with Crippen LogP contribution in [-0.2, 0) is 22.6 Å².